The van der Waals surface area contributed by atoms with Crippen molar-refractivity contribution in [3.63, 3.8) is 0 Å². The molecule has 0 aliphatic heterocycles. The predicted molar refractivity (Wildman–Crippen MR) is 68.0 cm³/mol. The van der Waals surface area contributed by atoms with Crippen molar-refractivity contribution in [3.05, 3.63) is 0 Å². The molecule has 0 spiro atoms. The van der Waals surface area contributed by atoms with Crippen LogP contribution in [-0.2, 0) is 4.74 Å². The van der Waals surface area contributed by atoms with Gasteiger partial charge in [0.25, 0.3) is 0 Å². The first-order valence-electron chi connectivity index (χ1n) is 6.27. The third kappa shape index (κ3) is 5.89. The molecule has 0 unspecified atom stereocenters. The van der Waals surface area contributed by atoms with Crippen molar-refractivity contribution < 1.29 is 14.6 Å². The minimum Gasteiger partial charge on any atom is -0.395 e. The maximum absolute atomic E-state index is 12.0. The number of nitrogens with zero attached hydrogens (tertiary/aromatic N) is 1. The zero-order valence-electron chi connectivity index (χ0n) is 11.4. The molecule has 0 rings (SSSR count). The first kappa shape index (κ1) is 16.2. The third-order valence-corrected chi connectivity index (χ3v) is 2.91. The Balaban J connectivity index is 4.39. The van der Waals surface area contributed by atoms with E-state index in [1.54, 1.807) is 12.0 Å². The summed E-state index contributed by atoms with van der Waals surface area (Å²) in [5, 5.41) is 11.9. The Morgan fingerprint density at radius 2 is 2.06 bits per heavy atom. The Bertz CT molecular complexity index is 212. The number of ether oxygens (including phenoxy) is 1. The number of nitrogens with one attached hydrogen (secondary N) is 1. The van der Waals surface area contributed by atoms with Crippen molar-refractivity contribution in [2.24, 2.45) is 0 Å². The number of carbonyl (C=O) groups excluding carboxylic acids is 1. The van der Waals surface area contributed by atoms with Crippen molar-refractivity contribution in [3.8, 4) is 0 Å². The molecule has 0 fully saturated rings. The van der Waals surface area contributed by atoms with Crippen LogP contribution in [0.15, 0.2) is 0 Å². The van der Waals surface area contributed by atoms with Crippen LogP contribution in [-0.4, -0.2) is 55.0 Å². The lowest BCUT2D eigenvalue weighted by molar-refractivity contribution is 0.135. The van der Waals surface area contributed by atoms with Crippen molar-refractivity contribution in [2.45, 2.75) is 45.7 Å². The molecule has 5 nitrogen and oxygen atoms in total. The zero-order chi connectivity index (χ0) is 13.3. The molecule has 0 saturated heterocycles. The van der Waals surface area contributed by atoms with Crippen LogP contribution in [0, 0.1) is 0 Å². The average Bonchev–Trinajstić information content (AvgIpc) is 2.34. The molecule has 0 aromatic heterocycles. The molecular formula is C12H26N2O3. The fraction of sp³-hybridized carbons (Fsp3) is 0.917. The van der Waals surface area contributed by atoms with Crippen LogP contribution in [0.4, 0.5) is 4.79 Å². The van der Waals surface area contributed by atoms with E-state index in [1.165, 1.54) is 0 Å². The van der Waals surface area contributed by atoms with Gasteiger partial charge in [-0.25, -0.2) is 4.79 Å². The second kappa shape index (κ2) is 9.24. The van der Waals surface area contributed by atoms with Crippen LogP contribution >= 0.6 is 0 Å². The Hall–Kier alpha value is -0.810. The largest absolute Gasteiger partial charge is 0.395 e. The van der Waals surface area contributed by atoms with Gasteiger partial charge < -0.3 is 20.1 Å². The maximum Gasteiger partial charge on any atom is 0.318 e. The van der Waals surface area contributed by atoms with E-state index in [9.17, 15) is 4.79 Å². The number of hydrogen-bond donors (Lipinski definition) is 2. The van der Waals surface area contributed by atoms with Gasteiger partial charge >= 0.3 is 6.03 Å². The highest BCUT2D eigenvalue weighted by Gasteiger charge is 2.20. The summed E-state index contributed by atoms with van der Waals surface area (Å²) < 4.78 is 5.04. The fourth-order valence-electron chi connectivity index (χ4n) is 1.57. The summed E-state index contributed by atoms with van der Waals surface area (Å²) in [4.78, 5) is 13.7. The first-order valence-corrected chi connectivity index (χ1v) is 6.27. The Kier molecular flexibility index (Phi) is 8.80. The maximum atomic E-state index is 12.0. The molecule has 17 heavy (non-hydrogen) atoms. The zero-order valence-corrected chi connectivity index (χ0v) is 11.4. The molecule has 0 bridgehead atoms. The second-order valence-corrected chi connectivity index (χ2v) is 4.18. The number of methoxy groups -OCH3 is 1. The summed E-state index contributed by atoms with van der Waals surface area (Å²) >= 11 is 0. The minimum atomic E-state index is -0.127. The summed E-state index contributed by atoms with van der Waals surface area (Å²) in [6.07, 6.45) is 1.70. The highest BCUT2D eigenvalue weighted by atomic mass is 16.5. The lowest BCUT2D eigenvalue weighted by Crippen LogP contribution is -2.50. The van der Waals surface area contributed by atoms with Gasteiger partial charge in [0, 0.05) is 19.7 Å². The van der Waals surface area contributed by atoms with Crippen LogP contribution in [0.3, 0.4) is 0 Å². The first-order chi connectivity index (χ1) is 8.10. The van der Waals surface area contributed by atoms with Crippen LogP contribution in [0.1, 0.15) is 33.6 Å². The van der Waals surface area contributed by atoms with E-state index in [0.717, 1.165) is 12.8 Å². The summed E-state index contributed by atoms with van der Waals surface area (Å²) in [5.74, 6) is 0. The lowest BCUT2D eigenvalue weighted by Gasteiger charge is -2.30. The van der Waals surface area contributed by atoms with Gasteiger partial charge in [-0.3, -0.25) is 0 Å². The van der Waals surface area contributed by atoms with Gasteiger partial charge in [0.05, 0.1) is 19.3 Å². The van der Waals surface area contributed by atoms with Crippen LogP contribution in [0.2, 0.25) is 0 Å². The smallest absolute Gasteiger partial charge is 0.318 e. The number of aliphatic hydroxyl groups is 1. The van der Waals surface area contributed by atoms with Crippen LogP contribution in [0.25, 0.3) is 0 Å². The Morgan fingerprint density at radius 3 is 2.47 bits per heavy atom. The predicted octanol–water partition coefficient (Wildman–Crippen LogP) is 1.21. The number of carbonyl (C=O) groups is 1. The average molecular weight is 246 g/mol. The third-order valence-electron chi connectivity index (χ3n) is 2.91. The van der Waals surface area contributed by atoms with E-state index >= 15 is 0 Å². The number of urea groups is 1. The van der Waals surface area contributed by atoms with E-state index in [0.29, 0.717) is 13.2 Å². The molecule has 0 aliphatic carbocycles. The Labute approximate surface area is 104 Å². The van der Waals surface area contributed by atoms with Crippen molar-refractivity contribution >= 4 is 6.03 Å². The van der Waals surface area contributed by atoms with Gasteiger partial charge in [-0.1, -0.05) is 13.8 Å². The van der Waals surface area contributed by atoms with E-state index in [1.807, 2.05) is 20.8 Å². The van der Waals surface area contributed by atoms with E-state index < -0.39 is 0 Å². The molecule has 2 amide bonds. The number of aliphatic hydroxyl groups excluding tert-OH is 1. The molecule has 5 heteroatoms. The molecule has 2 atom stereocenters. The quantitative estimate of drug-likeness (QED) is 0.677. The SMILES string of the molecule is CC[C@@H](COC)NC(=O)N(CCO)[C@@H](C)CC. The highest BCUT2D eigenvalue weighted by Crippen LogP contribution is 2.04. The molecule has 0 radical (unpaired) electrons. The highest BCUT2D eigenvalue weighted by molar-refractivity contribution is 5.74. The van der Waals surface area contributed by atoms with Gasteiger partial charge in [-0.05, 0) is 19.8 Å². The molecule has 102 valence electrons. The lowest BCUT2D eigenvalue weighted by atomic mass is 10.2. The van der Waals surface area contributed by atoms with Crippen molar-refractivity contribution in [2.75, 3.05) is 26.9 Å². The van der Waals surface area contributed by atoms with Crippen molar-refractivity contribution in [1.82, 2.24) is 10.2 Å². The molecule has 0 saturated carbocycles. The number of hydrogen-bond acceptors (Lipinski definition) is 3. The van der Waals surface area contributed by atoms with Gasteiger partial charge in [0.15, 0.2) is 0 Å². The molecule has 0 aromatic carbocycles. The number of rotatable bonds is 8. The molecule has 0 aromatic rings. The number of amides is 2. The molecule has 2 N–H and O–H groups in total. The molecule has 0 heterocycles. The van der Waals surface area contributed by atoms with E-state index in [2.05, 4.69) is 5.32 Å². The summed E-state index contributed by atoms with van der Waals surface area (Å²) in [7, 11) is 1.62. The molecular weight excluding hydrogens is 220 g/mol. The summed E-state index contributed by atoms with van der Waals surface area (Å²) in [6, 6.07) is 0.0252. The monoisotopic (exact) mass is 246 g/mol. The Morgan fingerprint density at radius 1 is 1.41 bits per heavy atom. The van der Waals surface area contributed by atoms with Gasteiger partial charge in [0.1, 0.15) is 0 Å². The minimum absolute atomic E-state index is 0.0151. The van der Waals surface area contributed by atoms with Gasteiger partial charge in [-0.2, -0.15) is 0 Å². The van der Waals surface area contributed by atoms with E-state index in [-0.39, 0.29) is 24.7 Å². The summed E-state index contributed by atoms with van der Waals surface area (Å²) in [5.41, 5.74) is 0. The van der Waals surface area contributed by atoms with Gasteiger partial charge in [-0.15, -0.1) is 0 Å². The van der Waals surface area contributed by atoms with Crippen molar-refractivity contribution in [1.29, 1.82) is 0 Å². The van der Waals surface area contributed by atoms with E-state index in [4.69, 9.17) is 9.84 Å². The van der Waals surface area contributed by atoms with Crippen LogP contribution < -0.4 is 5.32 Å². The topological polar surface area (TPSA) is 61.8 Å². The molecule has 0 aliphatic rings. The normalized spacial score (nSPS) is 14.2. The van der Waals surface area contributed by atoms with Gasteiger partial charge in [0.2, 0.25) is 0 Å². The fourth-order valence-corrected chi connectivity index (χ4v) is 1.57. The standard InChI is InChI=1S/C12H26N2O3/c1-5-10(3)14(7-8-15)12(16)13-11(6-2)9-17-4/h10-11,15H,5-9H2,1-4H3,(H,13,16)/t10-,11-/m0/s1. The second-order valence-electron chi connectivity index (χ2n) is 4.18. The van der Waals surface area contributed by atoms with Crippen LogP contribution in [0.5, 0.6) is 0 Å². The summed E-state index contributed by atoms with van der Waals surface area (Å²) in [6.45, 7) is 6.86.